The van der Waals surface area contributed by atoms with Gasteiger partial charge in [-0.3, -0.25) is 23.9 Å². The first-order valence-electron chi connectivity index (χ1n) is 17.0. The third kappa shape index (κ3) is 6.19. The second kappa shape index (κ2) is 12.9. The van der Waals surface area contributed by atoms with Crippen molar-refractivity contribution in [3.8, 4) is 11.3 Å². The summed E-state index contributed by atoms with van der Waals surface area (Å²) in [6.45, 7) is 6.46. The van der Waals surface area contributed by atoms with Gasteiger partial charge >= 0.3 is 6.18 Å². The number of allylic oxidation sites excluding steroid dienone is 1. The molecule has 13 nitrogen and oxygen atoms in total. The minimum Gasteiger partial charge on any atom is -0.355 e. The molecule has 3 aliphatic rings. The number of anilines is 1. The largest absolute Gasteiger partial charge is 0.433 e. The summed E-state index contributed by atoms with van der Waals surface area (Å²) in [6, 6.07) is 2.23. The zero-order valence-corrected chi connectivity index (χ0v) is 28.9. The number of alkyl halides is 3. The Bertz CT molecular complexity index is 2160. The van der Waals surface area contributed by atoms with Gasteiger partial charge in [-0.05, 0) is 62.8 Å². The highest BCUT2D eigenvalue weighted by Gasteiger charge is 2.72. The molecule has 1 saturated carbocycles. The van der Waals surface area contributed by atoms with Gasteiger partial charge in [-0.2, -0.15) is 18.3 Å². The summed E-state index contributed by atoms with van der Waals surface area (Å²) >= 11 is 0. The predicted molar refractivity (Wildman–Crippen MR) is 182 cm³/mol. The third-order valence-electron chi connectivity index (χ3n) is 10.4. The van der Waals surface area contributed by atoms with E-state index in [9.17, 15) is 32.3 Å². The molecular formula is C36H36F3N9O4. The second-order valence-electron chi connectivity index (χ2n) is 13.8. The Morgan fingerprint density at radius 2 is 1.85 bits per heavy atom. The van der Waals surface area contributed by atoms with Crippen molar-refractivity contribution >= 4 is 46.3 Å². The minimum atomic E-state index is -4.73. The molecule has 2 unspecified atom stereocenters. The van der Waals surface area contributed by atoms with Crippen LogP contribution in [-0.2, 0) is 27.1 Å². The number of Topliss-reactive ketones (excluding diaryl/α,β-unsaturated/α-hetero) is 1. The number of carbonyl (C=O) groups is 4. The second-order valence-corrected chi connectivity index (χ2v) is 13.8. The minimum absolute atomic E-state index is 0.0924. The van der Waals surface area contributed by atoms with Crippen LogP contribution in [0.25, 0.3) is 28.2 Å². The molecule has 0 radical (unpaired) electrons. The van der Waals surface area contributed by atoms with E-state index in [0.29, 0.717) is 52.1 Å². The molecule has 3 amide bonds. The van der Waals surface area contributed by atoms with E-state index in [1.807, 2.05) is 13.0 Å². The van der Waals surface area contributed by atoms with Gasteiger partial charge in [0.05, 0.1) is 16.9 Å². The summed E-state index contributed by atoms with van der Waals surface area (Å²) in [7, 11) is 0. The molecule has 2 N–H and O–H groups in total. The number of piperidine rings is 1. The molecule has 0 aromatic carbocycles. The lowest BCUT2D eigenvalue weighted by Gasteiger charge is -2.28. The van der Waals surface area contributed by atoms with Crippen molar-refractivity contribution in [2.45, 2.75) is 78.2 Å². The fourth-order valence-corrected chi connectivity index (χ4v) is 7.58. The maximum atomic E-state index is 14.5. The van der Waals surface area contributed by atoms with Crippen LogP contribution in [0.3, 0.4) is 0 Å². The molecule has 4 aromatic rings. The van der Waals surface area contributed by atoms with Crippen molar-refractivity contribution in [2.75, 3.05) is 11.9 Å². The summed E-state index contributed by atoms with van der Waals surface area (Å²) in [5, 5.41) is 10.6. The zero-order chi connectivity index (χ0) is 37.1. The third-order valence-corrected chi connectivity index (χ3v) is 10.4. The molecule has 2 bridgehead atoms. The number of nitrogens with one attached hydrogen (secondary N) is 2. The number of aromatic nitrogens is 6. The number of carbonyl (C=O) groups excluding carboxylic acids is 4. The van der Waals surface area contributed by atoms with E-state index >= 15 is 0 Å². The van der Waals surface area contributed by atoms with Crippen molar-refractivity contribution < 1.29 is 32.3 Å². The summed E-state index contributed by atoms with van der Waals surface area (Å²) < 4.78 is 41.9. The summed E-state index contributed by atoms with van der Waals surface area (Å²) in [5.41, 5.74) is 0.587. The average Bonchev–Trinajstić information content (AvgIpc) is 3.34. The molecule has 6 heterocycles. The Hall–Kier alpha value is -5.54. The van der Waals surface area contributed by atoms with Crippen LogP contribution in [0.2, 0.25) is 0 Å². The van der Waals surface area contributed by atoms with Crippen molar-refractivity contribution in [2.24, 2.45) is 11.3 Å². The maximum Gasteiger partial charge on any atom is 0.433 e. The predicted octanol–water partition coefficient (Wildman–Crippen LogP) is 4.68. The van der Waals surface area contributed by atoms with Crippen molar-refractivity contribution in [3.63, 3.8) is 0 Å². The molecule has 0 spiro atoms. The molecule has 270 valence electrons. The van der Waals surface area contributed by atoms with Gasteiger partial charge in [0.25, 0.3) is 0 Å². The Balaban J connectivity index is 1.31. The van der Waals surface area contributed by atoms with Gasteiger partial charge in [0.15, 0.2) is 5.78 Å². The first-order chi connectivity index (χ1) is 24.7. The number of nitrogens with zero attached hydrogens (tertiary/aromatic N) is 7. The Morgan fingerprint density at radius 1 is 1.10 bits per heavy atom. The molecule has 2 aliphatic heterocycles. The van der Waals surface area contributed by atoms with E-state index in [-0.39, 0.29) is 55.1 Å². The highest BCUT2D eigenvalue weighted by Crippen LogP contribution is 2.64. The van der Waals surface area contributed by atoms with Crippen LogP contribution in [0, 0.1) is 25.2 Å². The molecule has 4 aromatic heterocycles. The number of hydrogen-bond donors (Lipinski definition) is 2. The average molecular weight is 716 g/mol. The number of halogens is 3. The summed E-state index contributed by atoms with van der Waals surface area (Å²) in [5.74, 6) is -1.48. The fourth-order valence-electron chi connectivity index (χ4n) is 7.58. The molecule has 52 heavy (non-hydrogen) atoms. The Labute approximate surface area is 296 Å². The molecule has 2 fully saturated rings. The van der Waals surface area contributed by atoms with Crippen molar-refractivity contribution in [1.29, 1.82) is 0 Å². The quantitative estimate of drug-likeness (QED) is 0.286. The van der Waals surface area contributed by atoms with Crippen LogP contribution in [0.1, 0.15) is 72.8 Å². The fraction of sp³-hybridized carbons (Fsp3) is 0.417. The SMILES string of the molecule is CC(=O)c1nn2c3c(nc(-c4cnc(C)nc4)cc13)/C=C/CCCC(=O)NC[C@@]13C[C@@H](C(=O)Nc4nc(C(F)(F)F)ccc4C)N(C(=O)C2)C1C3C. The molecule has 4 atom stereocenters. The molecular weight excluding hydrogens is 679 g/mol. The number of pyridine rings is 2. The molecule has 7 rings (SSSR count). The van der Waals surface area contributed by atoms with E-state index in [1.54, 1.807) is 31.5 Å². The van der Waals surface area contributed by atoms with Crippen LogP contribution in [0.15, 0.2) is 36.7 Å². The van der Waals surface area contributed by atoms with E-state index in [4.69, 9.17) is 4.98 Å². The van der Waals surface area contributed by atoms with Gasteiger partial charge in [-0.25, -0.2) is 19.9 Å². The molecule has 1 saturated heterocycles. The van der Waals surface area contributed by atoms with Gasteiger partial charge in [0, 0.05) is 54.7 Å². The number of ketones is 1. The smallest absolute Gasteiger partial charge is 0.355 e. The standard InChI is InChI=1S/C36H36F3N9O4/c1-18-10-11-27(36(37,38)39)44-33(18)45-34(52)26-13-35-17-42-28(50)9-7-5-6-8-24-31-23(12-25(43-24)22-14-40-21(4)41-15-22)30(20(3)49)46-47(31)16-29(51)48(26)32(35)19(35)2/h6,8,10-12,14-15,19,26,32H,5,7,9,13,16-17H2,1-4H3,(H,42,50)(H,44,45,52)/b8-6+/t19?,26-,32?,35+/m0/s1. The van der Waals surface area contributed by atoms with Crippen LogP contribution < -0.4 is 10.6 Å². The maximum absolute atomic E-state index is 14.5. The lowest BCUT2D eigenvalue weighted by Crippen LogP contribution is -2.47. The Kier molecular flexibility index (Phi) is 8.66. The van der Waals surface area contributed by atoms with Crippen LogP contribution in [0.4, 0.5) is 19.0 Å². The van der Waals surface area contributed by atoms with Gasteiger partial charge in [-0.15, -0.1) is 0 Å². The molecule has 1 aliphatic carbocycles. The van der Waals surface area contributed by atoms with Crippen molar-refractivity contribution in [1.82, 2.24) is 39.9 Å². The van der Waals surface area contributed by atoms with E-state index < -0.39 is 41.2 Å². The zero-order valence-electron chi connectivity index (χ0n) is 28.9. The number of rotatable bonds is 4. The number of amides is 3. The van der Waals surface area contributed by atoms with E-state index in [1.165, 1.54) is 29.5 Å². The van der Waals surface area contributed by atoms with E-state index in [2.05, 4.69) is 30.7 Å². The monoisotopic (exact) mass is 715 g/mol. The summed E-state index contributed by atoms with van der Waals surface area (Å²) in [4.78, 5) is 72.9. The van der Waals surface area contributed by atoms with E-state index in [0.717, 1.165) is 6.07 Å². The van der Waals surface area contributed by atoms with Crippen LogP contribution >= 0.6 is 0 Å². The van der Waals surface area contributed by atoms with Gasteiger partial charge < -0.3 is 15.5 Å². The lowest BCUT2D eigenvalue weighted by atomic mass is 9.95. The highest BCUT2D eigenvalue weighted by atomic mass is 19.4. The van der Waals surface area contributed by atoms with Crippen molar-refractivity contribution in [3.05, 3.63) is 65.1 Å². The number of aryl methyl sites for hydroxylation is 2. The Morgan fingerprint density at radius 3 is 2.56 bits per heavy atom. The topological polar surface area (TPSA) is 165 Å². The van der Waals surface area contributed by atoms with Crippen LogP contribution in [0.5, 0.6) is 0 Å². The highest BCUT2D eigenvalue weighted by molar-refractivity contribution is 6.07. The van der Waals surface area contributed by atoms with Crippen LogP contribution in [-0.4, -0.2) is 76.7 Å². The molecule has 16 heteroatoms. The first kappa shape index (κ1) is 34.9. The van der Waals surface area contributed by atoms with Gasteiger partial charge in [0.2, 0.25) is 17.7 Å². The normalized spacial score (nSPS) is 24.0. The summed E-state index contributed by atoms with van der Waals surface area (Å²) in [6.07, 6.45) is 3.66. The number of hydrogen-bond acceptors (Lipinski definition) is 9. The first-order valence-corrected chi connectivity index (χ1v) is 17.0. The lowest BCUT2D eigenvalue weighted by molar-refractivity contribution is -0.141. The van der Waals surface area contributed by atoms with Gasteiger partial charge in [-0.1, -0.05) is 19.1 Å². The van der Waals surface area contributed by atoms with Gasteiger partial charge in [0.1, 0.15) is 35.6 Å².